The summed E-state index contributed by atoms with van der Waals surface area (Å²) in [4.78, 5) is 8.69. The first-order valence-electron chi connectivity index (χ1n) is 10.9. The molecule has 2 heterocycles. The highest BCUT2D eigenvalue weighted by molar-refractivity contribution is 5.81. The van der Waals surface area contributed by atoms with Crippen LogP contribution < -0.4 is 0 Å². The lowest BCUT2D eigenvalue weighted by Crippen LogP contribution is -2.04. The van der Waals surface area contributed by atoms with E-state index in [0.717, 1.165) is 51.8 Å². The molecule has 0 aliphatic rings. The van der Waals surface area contributed by atoms with Gasteiger partial charge >= 0.3 is 0 Å². The maximum absolute atomic E-state index is 5.07. The normalized spacial score (nSPS) is 11.1. The van der Waals surface area contributed by atoms with Gasteiger partial charge in [0.2, 0.25) is 0 Å². The zero-order valence-corrected chi connectivity index (χ0v) is 18.6. The largest absolute Gasteiger partial charge is 0.337 e. The summed E-state index contributed by atoms with van der Waals surface area (Å²) in [5.41, 5.74) is 9.84. The lowest BCUT2D eigenvalue weighted by Gasteiger charge is -2.05. The van der Waals surface area contributed by atoms with Gasteiger partial charge in [-0.25, -0.2) is 4.98 Å². The molecule has 0 spiro atoms. The molecule has 4 nitrogen and oxygen atoms in total. The first-order valence-corrected chi connectivity index (χ1v) is 10.9. The monoisotopic (exact) mass is 418 g/mol. The molecular formula is C28H26N4. The number of benzene rings is 3. The minimum atomic E-state index is 0.741. The molecule has 0 unspecified atom stereocenters. The van der Waals surface area contributed by atoms with E-state index in [1.54, 1.807) is 0 Å². The second-order valence-electron chi connectivity index (χ2n) is 8.23. The molecule has 0 aliphatic heterocycles. The first kappa shape index (κ1) is 20.0. The Labute approximate surface area is 188 Å². The van der Waals surface area contributed by atoms with Crippen LogP contribution in [0.15, 0.2) is 84.9 Å². The molecule has 4 heteroatoms. The lowest BCUT2D eigenvalue weighted by molar-refractivity contribution is 0.659. The number of H-pyrrole nitrogens is 1. The van der Waals surface area contributed by atoms with Crippen LogP contribution in [0.25, 0.3) is 33.9 Å². The molecule has 0 atom stereocenters. The zero-order chi connectivity index (χ0) is 22.1. The number of nitrogens with one attached hydrogen (secondary N) is 1. The fourth-order valence-corrected chi connectivity index (χ4v) is 4.17. The maximum atomic E-state index is 5.07. The van der Waals surface area contributed by atoms with Crippen LogP contribution >= 0.6 is 0 Å². The van der Waals surface area contributed by atoms with Crippen molar-refractivity contribution in [3.8, 4) is 33.9 Å². The van der Waals surface area contributed by atoms with Crippen LogP contribution in [0.2, 0.25) is 0 Å². The average Bonchev–Trinajstić information content (AvgIpc) is 3.37. The second kappa shape index (κ2) is 8.31. The van der Waals surface area contributed by atoms with Gasteiger partial charge in [0.05, 0.1) is 29.2 Å². The summed E-state index contributed by atoms with van der Waals surface area (Å²) in [6.45, 7) is 7.03. The van der Waals surface area contributed by atoms with Gasteiger partial charge in [-0.15, -0.1) is 0 Å². The molecular weight excluding hydrogens is 392 g/mol. The number of imidazole rings is 1. The Balaban J connectivity index is 1.60. The van der Waals surface area contributed by atoms with Crippen molar-refractivity contribution in [1.82, 2.24) is 19.7 Å². The molecule has 5 rings (SSSR count). The van der Waals surface area contributed by atoms with E-state index in [4.69, 9.17) is 10.1 Å². The van der Waals surface area contributed by atoms with Crippen LogP contribution in [-0.2, 0) is 6.54 Å². The van der Waals surface area contributed by atoms with Crippen molar-refractivity contribution >= 4 is 0 Å². The van der Waals surface area contributed by atoms with Crippen molar-refractivity contribution in [1.29, 1.82) is 0 Å². The van der Waals surface area contributed by atoms with Crippen LogP contribution in [-0.4, -0.2) is 19.7 Å². The van der Waals surface area contributed by atoms with Gasteiger partial charge in [0, 0.05) is 16.8 Å². The number of aromatic amines is 1. The molecule has 0 bridgehead atoms. The summed E-state index contributed by atoms with van der Waals surface area (Å²) in [7, 11) is 0. The number of hydrogen-bond donors (Lipinski definition) is 1. The molecule has 0 aliphatic carbocycles. The van der Waals surface area contributed by atoms with Crippen molar-refractivity contribution in [2.75, 3.05) is 0 Å². The predicted molar refractivity (Wildman–Crippen MR) is 130 cm³/mol. The third-order valence-corrected chi connectivity index (χ3v) is 5.88. The van der Waals surface area contributed by atoms with Gasteiger partial charge in [-0.05, 0) is 26.3 Å². The van der Waals surface area contributed by atoms with E-state index in [9.17, 15) is 0 Å². The first-order chi connectivity index (χ1) is 15.6. The summed E-state index contributed by atoms with van der Waals surface area (Å²) >= 11 is 0. The van der Waals surface area contributed by atoms with E-state index < -0.39 is 0 Å². The molecule has 5 aromatic rings. The Hall–Kier alpha value is -3.92. The Morgan fingerprint density at radius 1 is 0.750 bits per heavy atom. The van der Waals surface area contributed by atoms with E-state index in [-0.39, 0.29) is 0 Å². The summed E-state index contributed by atoms with van der Waals surface area (Å²) in [5, 5.41) is 4.85. The van der Waals surface area contributed by atoms with Crippen LogP contribution in [0.5, 0.6) is 0 Å². The van der Waals surface area contributed by atoms with E-state index in [0.29, 0.717) is 0 Å². The smallest absolute Gasteiger partial charge is 0.142 e. The highest BCUT2D eigenvalue weighted by atomic mass is 15.3. The molecule has 158 valence electrons. The average molecular weight is 419 g/mol. The third-order valence-electron chi connectivity index (χ3n) is 5.88. The minimum Gasteiger partial charge on any atom is -0.337 e. The van der Waals surface area contributed by atoms with E-state index >= 15 is 0 Å². The summed E-state index contributed by atoms with van der Waals surface area (Å²) in [6.07, 6.45) is 0. The summed E-state index contributed by atoms with van der Waals surface area (Å²) in [5.74, 6) is 0.855. The van der Waals surface area contributed by atoms with Crippen molar-refractivity contribution in [2.45, 2.75) is 27.3 Å². The van der Waals surface area contributed by atoms with E-state index in [2.05, 4.69) is 103 Å². The SMILES string of the molecule is Cc1ccc(Cn2nc(C)c(-c3nc(-c4ccccc4)c(-c4ccccc4)[nH]3)c2C)cc1. The Bertz CT molecular complexity index is 1290. The topological polar surface area (TPSA) is 46.5 Å². The predicted octanol–water partition coefficient (Wildman–Crippen LogP) is 6.58. The molecule has 2 aromatic heterocycles. The Morgan fingerprint density at radius 3 is 2.03 bits per heavy atom. The Kier molecular flexibility index (Phi) is 5.20. The van der Waals surface area contributed by atoms with Crippen molar-refractivity contribution < 1.29 is 0 Å². The zero-order valence-electron chi connectivity index (χ0n) is 18.6. The van der Waals surface area contributed by atoms with Crippen LogP contribution in [0.4, 0.5) is 0 Å². The molecule has 0 fully saturated rings. The fourth-order valence-electron chi connectivity index (χ4n) is 4.17. The van der Waals surface area contributed by atoms with Gasteiger partial charge in [-0.3, -0.25) is 4.68 Å². The number of aromatic nitrogens is 4. The number of hydrogen-bond acceptors (Lipinski definition) is 2. The molecule has 3 aromatic carbocycles. The standard InChI is InChI=1S/C28H26N4/c1-19-14-16-22(17-15-19)18-32-21(3)25(20(2)31-32)28-29-26(23-10-6-4-7-11-23)27(30-28)24-12-8-5-9-13-24/h4-17H,18H2,1-3H3,(H,29,30). The van der Waals surface area contributed by atoms with Crippen molar-refractivity contribution in [3.05, 3.63) is 107 Å². The van der Waals surface area contributed by atoms with Crippen molar-refractivity contribution in [2.24, 2.45) is 0 Å². The van der Waals surface area contributed by atoms with Crippen LogP contribution in [0, 0.1) is 20.8 Å². The highest BCUT2D eigenvalue weighted by Gasteiger charge is 2.20. The third kappa shape index (κ3) is 3.76. The number of rotatable bonds is 5. The van der Waals surface area contributed by atoms with Crippen LogP contribution in [0.1, 0.15) is 22.5 Å². The molecule has 0 saturated heterocycles. The second-order valence-corrected chi connectivity index (χ2v) is 8.23. The van der Waals surface area contributed by atoms with Gasteiger partial charge in [0.1, 0.15) is 5.82 Å². The highest BCUT2D eigenvalue weighted by Crippen LogP contribution is 2.34. The van der Waals surface area contributed by atoms with Gasteiger partial charge in [0.15, 0.2) is 0 Å². The maximum Gasteiger partial charge on any atom is 0.142 e. The number of nitrogens with zero attached hydrogens (tertiary/aromatic N) is 3. The fraction of sp³-hybridized carbons (Fsp3) is 0.143. The van der Waals surface area contributed by atoms with Gasteiger partial charge in [-0.2, -0.15) is 5.10 Å². The summed E-state index contributed by atoms with van der Waals surface area (Å²) < 4.78 is 2.07. The van der Waals surface area contributed by atoms with Crippen LogP contribution in [0.3, 0.4) is 0 Å². The molecule has 1 N–H and O–H groups in total. The lowest BCUT2D eigenvalue weighted by atomic mass is 10.1. The Morgan fingerprint density at radius 2 is 1.38 bits per heavy atom. The molecule has 0 saturated carbocycles. The van der Waals surface area contributed by atoms with Crippen molar-refractivity contribution in [3.63, 3.8) is 0 Å². The number of aryl methyl sites for hydroxylation is 2. The molecule has 0 amide bonds. The van der Waals surface area contributed by atoms with E-state index in [1.807, 2.05) is 12.1 Å². The quantitative estimate of drug-likeness (QED) is 0.350. The van der Waals surface area contributed by atoms with E-state index in [1.165, 1.54) is 11.1 Å². The molecule has 32 heavy (non-hydrogen) atoms. The van der Waals surface area contributed by atoms with Gasteiger partial charge < -0.3 is 4.98 Å². The van der Waals surface area contributed by atoms with Gasteiger partial charge in [-0.1, -0.05) is 90.5 Å². The van der Waals surface area contributed by atoms with Gasteiger partial charge in [0.25, 0.3) is 0 Å². The molecule has 0 radical (unpaired) electrons. The minimum absolute atomic E-state index is 0.741. The summed E-state index contributed by atoms with van der Waals surface area (Å²) in [6, 6.07) is 29.3.